The van der Waals surface area contributed by atoms with Gasteiger partial charge in [0.25, 0.3) is 0 Å². The number of allylic oxidation sites excluding steroid dienone is 2. The number of carbonyl (C=O) groups is 2. The maximum Gasteiger partial charge on any atom is 0.337 e. The summed E-state index contributed by atoms with van der Waals surface area (Å²) in [4.78, 5) is 22.7. The number of rotatable bonds is 6. The monoisotopic (exact) mass is 336 g/mol. The van der Waals surface area contributed by atoms with Crippen molar-refractivity contribution in [2.75, 3.05) is 14.2 Å². The van der Waals surface area contributed by atoms with E-state index in [0.29, 0.717) is 11.1 Å². The zero-order valence-corrected chi connectivity index (χ0v) is 14.3. The number of esters is 2. The van der Waals surface area contributed by atoms with Crippen molar-refractivity contribution < 1.29 is 19.1 Å². The molecule has 2 rings (SSSR count). The van der Waals surface area contributed by atoms with Crippen LogP contribution in [-0.2, 0) is 9.47 Å². The summed E-state index contributed by atoms with van der Waals surface area (Å²) < 4.78 is 9.33. The maximum atomic E-state index is 11.4. The molecule has 2 aromatic rings. The summed E-state index contributed by atoms with van der Waals surface area (Å²) in [6.45, 7) is 0. The Morgan fingerprint density at radius 1 is 0.720 bits per heavy atom. The normalized spacial score (nSPS) is 11.0. The van der Waals surface area contributed by atoms with Crippen molar-refractivity contribution in [2.24, 2.45) is 0 Å². The lowest BCUT2D eigenvalue weighted by atomic mass is 10.1. The standard InChI is InChI=1S/C21H20O4/c1-24-20(22)18-12-8-16(9-13-18)6-4-3-5-7-17-10-14-19(15-11-17)21(23)25-2/h4-15H,3H2,1-2H3. The van der Waals surface area contributed by atoms with Crippen LogP contribution in [0.15, 0.2) is 60.7 Å². The average Bonchev–Trinajstić information content (AvgIpc) is 2.67. The van der Waals surface area contributed by atoms with Gasteiger partial charge in [-0.1, -0.05) is 48.6 Å². The summed E-state index contributed by atoms with van der Waals surface area (Å²) in [7, 11) is 2.73. The van der Waals surface area contributed by atoms with Gasteiger partial charge in [-0.25, -0.2) is 9.59 Å². The minimum absolute atomic E-state index is 0.336. The first-order chi connectivity index (χ1) is 12.1. The van der Waals surface area contributed by atoms with Crippen LogP contribution in [-0.4, -0.2) is 26.2 Å². The molecule has 25 heavy (non-hydrogen) atoms. The molecule has 0 radical (unpaired) electrons. The van der Waals surface area contributed by atoms with Crippen molar-refractivity contribution in [1.82, 2.24) is 0 Å². The third-order valence-corrected chi connectivity index (χ3v) is 3.56. The van der Waals surface area contributed by atoms with E-state index in [9.17, 15) is 9.59 Å². The molecule has 0 aliphatic heterocycles. The largest absolute Gasteiger partial charge is 0.465 e. The Balaban J connectivity index is 1.87. The van der Waals surface area contributed by atoms with Crippen LogP contribution in [0.2, 0.25) is 0 Å². The molecular weight excluding hydrogens is 316 g/mol. The van der Waals surface area contributed by atoms with Crippen LogP contribution in [0.1, 0.15) is 38.3 Å². The van der Waals surface area contributed by atoms with Gasteiger partial charge < -0.3 is 9.47 Å². The minimum atomic E-state index is -0.336. The Labute approximate surface area is 147 Å². The number of methoxy groups -OCH3 is 2. The summed E-state index contributed by atoms with van der Waals surface area (Å²) in [5, 5.41) is 0. The number of ether oxygens (including phenoxy) is 2. The molecule has 0 heterocycles. The minimum Gasteiger partial charge on any atom is -0.465 e. The second-order valence-electron chi connectivity index (χ2n) is 5.27. The SMILES string of the molecule is COC(=O)c1ccc(C=CCC=Cc2ccc(C(=O)OC)cc2)cc1. The van der Waals surface area contributed by atoms with Crippen molar-refractivity contribution >= 4 is 24.1 Å². The van der Waals surface area contributed by atoms with Gasteiger partial charge in [0.2, 0.25) is 0 Å². The molecule has 128 valence electrons. The van der Waals surface area contributed by atoms with Crippen LogP contribution >= 0.6 is 0 Å². The fourth-order valence-electron chi connectivity index (χ4n) is 2.18. The lowest BCUT2D eigenvalue weighted by molar-refractivity contribution is 0.0592. The highest BCUT2D eigenvalue weighted by Crippen LogP contribution is 2.10. The maximum absolute atomic E-state index is 11.4. The Bertz CT molecular complexity index is 701. The fourth-order valence-corrected chi connectivity index (χ4v) is 2.18. The van der Waals surface area contributed by atoms with Gasteiger partial charge in [0.15, 0.2) is 0 Å². The molecule has 0 unspecified atom stereocenters. The van der Waals surface area contributed by atoms with E-state index in [2.05, 4.69) is 9.47 Å². The molecule has 4 nitrogen and oxygen atoms in total. The highest BCUT2D eigenvalue weighted by molar-refractivity contribution is 5.90. The molecule has 0 atom stereocenters. The van der Waals surface area contributed by atoms with Gasteiger partial charge in [-0.05, 0) is 41.8 Å². The summed E-state index contributed by atoms with van der Waals surface area (Å²) in [5.41, 5.74) is 3.11. The Hall–Kier alpha value is -3.14. The molecule has 0 spiro atoms. The van der Waals surface area contributed by atoms with E-state index in [4.69, 9.17) is 0 Å². The van der Waals surface area contributed by atoms with Gasteiger partial charge in [0.05, 0.1) is 25.3 Å². The van der Waals surface area contributed by atoms with E-state index in [-0.39, 0.29) is 11.9 Å². The summed E-state index contributed by atoms with van der Waals surface area (Å²) >= 11 is 0. The number of hydrogen-bond donors (Lipinski definition) is 0. The highest BCUT2D eigenvalue weighted by Gasteiger charge is 2.03. The summed E-state index contributed by atoms with van der Waals surface area (Å²) in [5.74, 6) is -0.673. The molecule has 0 fully saturated rings. The van der Waals surface area contributed by atoms with Crippen molar-refractivity contribution in [2.45, 2.75) is 6.42 Å². The average molecular weight is 336 g/mol. The summed E-state index contributed by atoms with van der Waals surface area (Å²) in [6, 6.07) is 14.5. The first kappa shape index (κ1) is 18.2. The van der Waals surface area contributed by atoms with Gasteiger partial charge in [0, 0.05) is 0 Å². The van der Waals surface area contributed by atoms with Crippen molar-refractivity contribution in [3.8, 4) is 0 Å². The third kappa shape index (κ3) is 5.46. The zero-order chi connectivity index (χ0) is 18.1. The third-order valence-electron chi connectivity index (χ3n) is 3.56. The topological polar surface area (TPSA) is 52.6 Å². The Morgan fingerprint density at radius 2 is 1.08 bits per heavy atom. The van der Waals surface area contributed by atoms with Gasteiger partial charge in [0.1, 0.15) is 0 Å². The smallest absolute Gasteiger partial charge is 0.337 e. The first-order valence-electron chi connectivity index (χ1n) is 7.84. The first-order valence-corrected chi connectivity index (χ1v) is 7.84. The van der Waals surface area contributed by atoms with Crippen LogP contribution in [0.5, 0.6) is 0 Å². The van der Waals surface area contributed by atoms with E-state index in [1.54, 1.807) is 24.3 Å². The highest BCUT2D eigenvalue weighted by atomic mass is 16.5. The van der Waals surface area contributed by atoms with Crippen LogP contribution in [0.3, 0.4) is 0 Å². The van der Waals surface area contributed by atoms with E-state index in [1.807, 2.05) is 48.6 Å². The van der Waals surface area contributed by atoms with E-state index in [0.717, 1.165) is 17.5 Å². The Kier molecular flexibility index (Phi) is 6.72. The zero-order valence-electron chi connectivity index (χ0n) is 14.3. The second-order valence-corrected chi connectivity index (χ2v) is 5.27. The Morgan fingerprint density at radius 3 is 1.40 bits per heavy atom. The molecule has 0 saturated heterocycles. The van der Waals surface area contributed by atoms with Crippen LogP contribution in [0.25, 0.3) is 12.2 Å². The molecule has 0 bridgehead atoms. The fraction of sp³-hybridized carbons (Fsp3) is 0.143. The molecule has 0 N–H and O–H groups in total. The molecule has 2 aromatic carbocycles. The van der Waals surface area contributed by atoms with E-state index >= 15 is 0 Å². The predicted molar refractivity (Wildman–Crippen MR) is 98.2 cm³/mol. The van der Waals surface area contributed by atoms with Crippen LogP contribution < -0.4 is 0 Å². The molecular formula is C21H20O4. The molecule has 0 aliphatic rings. The van der Waals surface area contributed by atoms with Gasteiger partial charge in [-0.3, -0.25) is 0 Å². The van der Waals surface area contributed by atoms with Crippen molar-refractivity contribution in [1.29, 1.82) is 0 Å². The van der Waals surface area contributed by atoms with Gasteiger partial charge in [-0.15, -0.1) is 0 Å². The van der Waals surface area contributed by atoms with E-state index in [1.165, 1.54) is 14.2 Å². The molecule has 0 amide bonds. The second kappa shape index (κ2) is 9.23. The molecule has 0 saturated carbocycles. The van der Waals surface area contributed by atoms with Gasteiger partial charge >= 0.3 is 11.9 Å². The molecule has 4 heteroatoms. The summed E-state index contributed by atoms with van der Waals surface area (Å²) in [6.07, 6.45) is 8.83. The van der Waals surface area contributed by atoms with Crippen LogP contribution in [0.4, 0.5) is 0 Å². The van der Waals surface area contributed by atoms with Crippen molar-refractivity contribution in [3.63, 3.8) is 0 Å². The van der Waals surface area contributed by atoms with E-state index < -0.39 is 0 Å². The number of benzene rings is 2. The molecule has 0 aromatic heterocycles. The lowest BCUT2D eigenvalue weighted by Crippen LogP contribution is -2.00. The number of hydrogen-bond acceptors (Lipinski definition) is 4. The number of carbonyl (C=O) groups excluding carboxylic acids is 2. The quantitative estimate of drug-likeness (QED) is 0.735. The van der Waals surface area contributed by atoms with Crippen molar-refractivity contribution in [3.05, 3.63) is 82.9 Å². The van der Waals surface area contributed by atoms with Gasteiger partial charge in [-0.2, -0.15) is 0 Å². The van der Waals surface area contributed by atoms with Crippen LogP contribution in [0, 0.1) is 0 Å². The predicted octanol–water partition coefficient (Wildman–Crippen LogP) is 4.38. The lowest BCUT2D eigenvalue weighted by Gasteiger charge is -1.99. The molecule has 0 aliphatic carbocycles.